The van der Waals surface area contributed by atoms with E-state index in [1.807, 2.05) is 49.4 Å². The van der Waals surface area contributed by atoms with E-state index in [1.165, 1.54) is 12.1 Å². The van der Waals surface area contributed by atoms with E-state index in [9.17, 15) is 13.6 Å². The van der Waals surface area contributed by atoms with Crippen molar-refractivity contribution in [3.8, 4) is 11.1 Å². The topological polar surface area (TPSA) is 77.2 Å². The first-order valence-electron chi connectivity index (χ1n) is 12.8. The fourth-order valence-corrected chi connectivity index (χ4v) is 5.67. The number of pyridine rings is 1. The summed E-state index contributed by atoms with van der Waals surface area (Å²) in [5, 5.41) is 3.04. The molecule has 3 N–H and O–H groups in total. The summed E-state index contributed by atoms with van der Waals surface area (Å²) in [5.74, 6) is -0.919. The summed E-state index contributed by atoms with van der Waals surface area (Å²) < 4.78 is 34.1. The summed E-state index contributed by atoms with van der Waals surface area (Å²) in [6.45, 7) is 4.37. The van der Waals surface area contributed by atoms with Crippen LogP contribution in [0.3, 0.4) is 0 Å². The molecule has 1 amide bonds. The maximum atomic E-state index is 14.4. The minimum atomic E-state index is -0.612. The lowest BCUT2D eigenvalue weighted by molar-refractivity contribution is 0.0857. The lowest BCUT2D eigenvalue weighted by Gasteiger charge is -2.18. The van der Waals surface area contributed by atoms with Crippen molar-refractivity contribution in [3.63, 3.8) is 0 Å². The zero-order valence-electron chi connectivity index (χ0n) is 21.1. The summed E-state index contributed by atoms with van der Waals surface area (Å²) in [6, 6.07) is 16.8. The molecule has 2 aliphatic rings. The van der Waals surface area contributed by atoms with Gasteiger partial charge in [0, 0.05) is 29.4 Å². The second-order valence-electron chi connectivity index (χ2n) is 9.91. The van der Waals surface area contributed by atoms with Crippen molar-refractivity contribution in [1.29, 1.82) is 0 Å². The molecule has 0 saturated heterocycles. The number of hydrogen-bond donors (Lipinski definition) is 2. The van der Waals surface area contributed by atoms with Gasteiger partial charge in [-0.1, -0.05) is 31.5 Å². The van der Waals surface area contributed by atoms with Crippen LogP contribution in [0.5, 0.6) is 0 Å². The number of fused-ring (bicyclic) bond motifs is 8. The minimum Gasteiger partial charge on any atom is -0.384 e. The van der Waals surface area contributed by atoms with Gasteiger partial charge in [0.05, 0.1) is 0 Å². The molecule has 2 atom stereocenters. The first-order chi connectivity index (χ1) is 18.3. The van der Waals surface area contributed by atoms with Gasteiger partial charge in [-0.3, -0.25) is 4.79 Å². The van der Waals surface area contributed by atoms with Crippen LogP contribution in [0.2, 0.25) is 0 Å². The quantitative estimate of drug-likeness (QED) is 0.318. The summed E-state index contributed by atoms with van der Waals surface area (Å²) in [5.41, 5.74) is 14.3. The lowest BCUT2D eigenvalue weighted by Crippen LogP contribution is -2.24. The number of aryl methyl sites for hydroxylation is 2. The van der Waals surface area contributed by atoms with Gasteiger partial charge in [-0.25, -0.2) is 13.8 Å². The van der Waals surface area contributed by atoms with E-state index in [0.717, 1.165) is 58.0 Å². The smallest absolute Gasteiger partial charge is 0.251 e. The van der Waals surface area contributed by atoms with Gasteiger partial charge in [0.25, 0.3) is 5.91 Å². The SMILES string of the molecule is CCCc1cc(N)nc(C)c1CNC(=O)c1ccc2c(c1)[C@@H]1O[C@H]2c2ccc(-c3ccc(F)cc3F)cc21. The van der Waals surface area contributed by atoms with Crippen LogP contribution < -0.4 is 11.1 Å². The molecule has 2 aliphatic heterocycles. The number of carbonyl (C=O) groups is 1. The maximum absolute atomic E-state index is 14.4. The second kappa shape index (κ2) is 9.33. The van der Waals surface area contributed by atoms with E-state index in [2.05, 4.69) is 17.2 Å². The Balaban J connectivity index is 1.25. The van der Waals surface area contributed by atoms with Crippen LogP contribution in [0.4, 0.5) is 14.6 Å². The number of halogens is 2. The summed E-state index contributed by atoms with van der Waals surface area (Å²) in [7, 11) is 0. The molecular formula is C31H27F2N3O2. The molecule has 4 aromatic rings. The Labute approximate surface area is 219 Å². The van der Waals surface area contributed by atoms with Gasteiger partial charge < -0.3 is 15.8 Å². The third kappa shape index (κ3) is 4.03. The highest BCUT2D eigenvalue weighted by atomic mass is 19.1. The number of rotatable bonds is 6. The van der Waals surface area contributed by atoms with Gasteiger partial charge in [0.2, 0.25) is 0 Å². The molecule has 7 heteroatoms. The van der Waals surface area contributed by atoms with Gasteiger partial charge in [-0.05, 0) is 88.7 Å². The first kappa shape index (κ1) is 24.2. The average Bonchev–Trinajstić information content (AvgIpc) is 3.45. The highest BCUT2D eigenvalue weighted by molar-refractivity contribution is 5.94. The summed E-state index contributed by atoms with van der Waals surface area (Å²) >= 11 is 0. The summed E-state index contributed by atoms with van der Waals surface area (Å²) in [6.07, 6.45) is 1.25. The molecule has 0 saturated carbocycles. The Bertz CT molecular complexity index is 1600. The van der Waals surface area contributed by atoms with Crippen LogP contribution in [0.15, 0.2) is 60.7 Å². The molecule has 0 fully saturated rings. The van der Waals surface area contributed by atoms with E-state index in [0.29, 0.717) is 29.1 Å². The monoisotopic (exact) mass is 511 g/mol. The van der Waals surface area contributed by atoms with Crippen LogP contribution in [0, 0.1) is 18.6 Å². The van der Waals surface area contributed by atoms with Crippen molar-refractivity contribution < 1.29 is 18.3 Å². The highest BCUT2D eigenvalue weighted by Gasteiger charge is 2.43. The van der Waals surface area contributed by atoms with Crippen molar-refractivity contribution in [2.24, 2.45) is 0 Å². The van der Waals surface area contributed by atoms with E-state index < -0.39 is 11.6 Å². The van der Waals surface area contributed by atoms with Crippen molar-refractivity contribution in [2.75, 3.05) is 5.73 Å². The second-order valence-corrected chi connectivity index (χ2v) is 9.91. The predicted molar refractivity (Wildman–Crippen MR) is 142 cm³/mol. The zero-order chi connectivity index (χ0) is 26.6. The number of nitrogens with zero attached hydrogens (tertiary/aromatic N) is 1. The number of nitrogen functional groups attached to an aromatic ring is 1. The van der Waals surface area contributed by atoms with Gasteiger partial charge in [-0.15, -0.1) is 0 Å². The van der Waals surface area contributed by atoms with Gasteiger partial charge in [0.1, 0.15) is 29.7 Å². The van der Waals surface area contributed by atoms with Crippen LogP contribution in [-0.2, 0) is 17.7 Å². The molecule has 192 valence electrons. The van der Waals surface area contributed by atoms with Gasteiger partial charge in [-0.2, -0.15) is 0 Å². The number of nitrogens with two attached hydrogens (primary N) is 1. The third-order valence-electron chi connectivity index (χ3n) is 7.47. The Kier molecular flexibility index (Phi) is 5.95. The van der Waals surface area contributed by atoms with Crippen LogP contribution in [0.1, 0.15) is 75.0 Å². The maximum Gasteiger partial charge on any atom is 0.251 e. The fourth-order valence-electron chi connectivity index (χ4n) is 5.67. The van der Waals surface area contributed by atoms with E-state index in [1.54, 1.807) is 0 Å². The first-order valence-corrected chi connectivity index (χ1v) is 12.8. The number of amides is 1. The molecule has 0 radical (unpaired) electrons. The largest absolute Gasteiger partial charge is 0.384 e. The van der Waals surface area contributed by atoms with Crippen molar-refractivity contribution in [1.82, 2.24) is 10.3 Å². The van der Waals surface area contributed by atoms with E-state index in [4.69, 9.17) is 10.5 Å². The van der Waals surface area contributed by atoms with E-state index in [-0.39, 0.29) is 18.1 Å². The number of benzene rings is 3. The van der Waals surface area contributed by atoms with Crippen LogP contribution in [-0.4, -0.2) is 10.9 Å². The Hall–Kier alpha value is -4.10. The summed E-state index contributed by atoms with van der Waals surface area (Å²) in [4.78, 5) is 17.5. The number of anilines is 1. The van der Waals surface area contributed by atoms with Crippen molar-refractivity contribution in [2.45, 2.75) is 45.4 Å². The minimum absolute atomic E-state index is 0.184. The molecule has 0 spiro atoms. The standard InChI is InChI=1S/C31H27F2N3O2/c1-3-4-17-13-28(34)36-16(2)26(17)15-35-31(37)19-6-9-23-25(12-19)30-24-11-18(5-8-22(24)29(23)38-30)21-10-7-20(32)14-27(21)33/h5-14,29-30H,3-4,15H2,1-2H3,(H2,34,36)(H,35,37)/t29-,30+/m0/s1. The zero-order valence-corrected chi connectivity index (χ0v) is 21.1. The molecule has 5 nitrogen and oxygen atoms in total. The fraction of sp³-hybridized carbons (Fsp3) is 0.226. The Morgan fingerprint density at radius 2 is 1.71 bits per heavy atom. The molecule has 2 bridgehead atoms. The van der Waals surface area contributed by atoms with E-state index >= 15 is 0 Å². The average molecular weight is 512 g/mol. The van der Waals surface area contributed by atoms with Crippen LogP contribution in [0.25, 0.3) is 11.1 Å². The third-order valence-corrected chi connectivity index (χ3v) is 7.47. The Morgan fingerprint density at radius 1 is 0.974 bits per heavy atom. The van der Waals surface area contributed by atoms with Gasteiger partial charge in [0.15, 0.2) is 0 Å². The molecule has 3 heterocycles. The Morgan fingerprint density at radius 3 is 2.47 bits per heavy atom. The van der Waals surface area contributed by atoms with Crippen molar-refractivity contribution >= 4 is 11.7 Å². The molecule has 3 aromatic carbocycles. The molecular weight excluding hydrogens is 484 g/mol. The predicted octanol–water partition coefficient (Wildman–Crippen LogP) is 6.32. The van der Waals surface area contributed by atoms with Crippen molar-refractivity contribution in [3.05, 3.63) is 117 Å². The molecule has 38 heavy (non-hydrogen) atoms. The number of aromatic nitrogens is 1. The van der Waals surface area contributed by atoms with Gasteiger partial charge >= 0.3 is 0 Å². The highest BCUT2D eigenvalue weighted by Crippen LogP contribution is 2.54. The number of nitrogens with one attached hydrogen (secondary N) is 1. The molecule has 6 rings (SSSR count). The normalized spacial score (nSPS) is 16.8. The number of ether oxygens (including phenoxy) is 1. The van der Waals surface area contributed by atoms with Crippen LogP contribution >= 0.6 is 0 Å². The molecule has 0 aliphatic carbocycles. The molecule has 0 unspecified atom stereocenters. The lowest BCUT2D eigenvalue weighted by atomic mass is 9.83. The number of carbonyl (C=O) groups excluding carboxylic acids is 1. The molecule has 1 aromatic heterocycles. The number of hydrogen-bond acceptors (Lipinski definition) is 4.